The van der Waals surface area contributed by atoms with E-state index in [4.69, 9.17) is 4.74 Å². The lowest BCUT2D eigenvalue weighted by Gasteiger charge is -2.14. The van der Waals surface area contributed by atoms with Crippen LogP contribution in [0, 0.1) is 0 Å². The summed E-state index contributed by atoms with van der Waals surface area (Å²) < 4.78 is 33.3. The highest BCUT2D eigenvalue weighted by Gasteiger charge is 2.17. The number of carbonyl (C=O) groups excluding carboxylic acids is 1. The van der Waals surface area contributed by atoms with E-state index in [9.17, 15) is 13.2 Å². The number of hydrogen-bond acceptors (Lipinski definition) is 5. The normalized spacial score (nSPS) is 14.4. The molecular formula is C22H22N2O4S2. The lowest BCUT2D eigenvalue weighted by Crippen LogP contribution is -2.14. The Morgan fingerprint density at radius 1 is 0.967 bits per heavy atom. The first-order chi connectivity index (χ1) is 14.5. The van der Waals surface area contributed by atoms with Gasteiger partial charge in [0.15, 0.2) is 0 Å². The molecule has 156 valence electrons. The molecule has 1 heterocycles. The molecule has 0 saturated heterocycles. The molecule has 1 amide bonds. The maximum Gasteiger partial charge on any atom is 0.271 e. The van der Waals surface area contributed by atoms with Gasteiger partial charge in [-0.1, -0.05) is 12.1 Å². The van der Waals surface area contributed by atoms with Crippen LogP contribution in [0.25, 0.3) is 0 Å². The molecule has 0 unspecified atom stereocenters. The van der Waals surface area contributed by atoms with E-state index >= 15 is 0 Å². The third-order valence-electron chi connectivity index (χ3n) is 4.86. The molecule has 0 radical (unpaired) electrons. The Morgan fingerprint density at radius 3 is 2.43 bits per heavy atom. The van der Waals surface area contributed by atoms with E-state index < -0.39 is 10.0 Å². The van der Waals surface area contributed by atoms with Gasteiger partial charge >= 0.3 is 0 Å². The third kappa shape index (κ3) is 5.01. The van der Waals surface area contributed by atoms with Crippen LogP contribution in [0.5, 0.6) is 5.75 Å². The molecule has 1 saturated carbocycles. The van der Waals surface area contributed by atoms with Crippen molar-refractivity contribution in [2.24, 2.45) is 0 Å². The second-order valence-electron chi connectivity index (χ2n) is 7.12. The van der Waals surface area contributed by atoms with Gasteiger partial charge in [-0.2, -0.15) is 0 Å². The van der Waals surface area contributed by atoms with Gasteiger partial charge in [-0.3, -0.25) is 9.52 Å². The van der Waals surface area contributed by atoms with Crippen molar-refractivity contribution >= 4 is 38.6 Å². The number of ether oxygens (including phenoxy) is 1. The molecule has 0 aliphatic heterocycles. The van der Waals surface area contributed by atoms with Crippen LogP contribution in [-0.2, 0) is 10.0 Å². The van der Waals surface area contributed by atoms with Crippen LogP contribution in [0.3, 0.4) is 0 Å². The zero-order chi connectivity index (χ0) is 21.0. The van der Waals surface area contributed by atoms with Gasteiger partial charge in [0.05, 0.1) is 6.10 Å². The third-order valence-corrected chi connectivity index (χ3v) is 7.63. The molecule has 1 aromatic heterocycles. The Kier molecular flexibility index (Phi) is 6.06. The van der Waals surface area contributed by atoms with Gasteiger partial charge in [0.25, 0.3) is 15.9 Å². The van der Waals surface area contributed by atoms with Crippen molar-refractivity contribution in [3.8, 4) is 5.75 Å². The minimum Gasteiger partial charge on any atom is -0.490 e. The van der Waals surface area contributed by atoms with E-state index in [1.165, 1.54) is 12.8 Å². The molecule has 1 fully saturated rings. The number of thiophene rings is 1. The maximum absolute atomic E-state index is 12.6. The highest BCUT2D eigenvalue weighted by atomic mass is 32.2. The average Bonchev–Trinajstić information content (AvgIpc) is 3.43. The lowest BCUT2D eigenvalue weighted by atomic mass is 10.2. The fourth-order valence-corrected chi connectivity index (χ4v) is 5.41. The van der Waals surface area contributed by atoms with Crippen molar-refractivity contribution in [2.45, 2.75) is 36.0 Å². The highest BCUT2D eigenvalue weighted by molar-refractivity contribution is 7.94. The summed E-state index contributed by atoms with van der Waals surface area (Å²) >= 11 is 1.14. The number of amides is 1. The van der Waals surface area contributed by atoms with E-state index in [0.29, 0.717) is 16.9 Å². The largest absolute Gasteiger partial charge is 0.490 e. The van der Waals surface area contributed by atoms with Crippen LogP contribution < -0.4 is 14.8 Å². The summed E-state index contributed by atoms with van der Waals surface area (Å²) in [6.45, 7) is 0. The Bertz CT molecular complexity index is 1100. The number of rotatable bonds is 7. The maximum atomic E-state index is 12.6. The fraction of sp³-hybridized carbons (Fsp3) is 0.227. The monoisotopic (exact) mass is 442 g/mol. The molecule has 1 aliphatic rings. The number of carbonyl (C=O) groups is 1. The molecule has 1 aliphatic carbocycles. The average molecular weight is 443 g/mol. The zero-order valence-corrected chi connectivity index (χ0v) is 17.8. The summed E-state index contributed by atoms with van der Waals surface area (Å²) in [4.78, 5) is 12.6. The van der Waals surface area contributed by atoms with Crippen LogP contribution in [0.1, 0.15) is 36.0 Å². The van der Waals surface area contributed by atoms with E-state index in [1.54, 1.807) is 41.8 Å². The predicted molar refractivity (Wildman–Crippen MR) is 119 cm³/mol. The van der Waals surface area contributed by atoms with Crippen molar-refractivity contribution in [1.82, 2.24) is 0 Å². The van der Waals surface area contributed by atoms with Crippen LogP contribution in [0.15, 0.2) is 70.3 Å². The van der Waals surface area contributed by atoms with Gasteiger partial charge in [0, 0.05) is 23.0 Å². The molecule has 4 rings (SSSR count). The van der Waals surface area contributed by atoms with Crippen LogP contribution in [-0.4, -0.2) is 20.4 Å². The van der Waals surface area contributed by atoms with Crippen LogP contribution in [0.2, 0.25) is 0 Å². The SMILES string of the molecule is O=C(Nc1cccc(OC2CCCC2)c1)c1ccc(NS(=O)(=O)c2cccs2)cc1. The second kappa shape index (κ2) is 8.89. The van der Waals surface area contributed by atoms with E-state index in [-0.39, 0.29) is 16.2 Å². The Morgan fingerprint density at radius 2 is 1.73 bits per heavy atom. The minimum atomic E-state index is -3.61. The summed E-state index contributed by atoms with van der Waals surface area (Å²) in [6, 6.07) is 16.9. The first-order valence-electron chi connectivity index (χ1n) is 9.74. The standard InChI is InChI=1S/C22H22N2O4S2/c25-22(23-18-5-3-8-20(15-18)28-19-6-1-2-7-19)16-10-12-17(13-11-16)24-30(26,27)21-9-4-14-29-21/h3-5,8-15,19,24H,1-2,6-7H2,(H,23,25). The first-order valence-corrected chi connectivity index (χ1v) is 12.1. The van der Waals surface area contributed by atoms with Gasteiger partial charge < -0.3 is 10.1 Å². The first kappa shape index (κ1) is 20.4. The Balaban J connectivity index is 1.39. The smallest absolute Gasteiger partial charge is 0.271 e. The zero-order valence-electron chi connectivity index (χ0n) is 16.2. The molecular weight excluding hydrogens is 420 g/mol. The van der Waals surface area contributed by atoms with Crippen molar-refractivity contribution < 1.29 is 17.9 Å². The molecule has 8 heteroatoms. The van der Waals surface area contributed by atoms with Crippen molar-refractivity contribution in [1.29, 1.82) is 0 Å². The van der Waals surface area contributed by atoms with E-state index in [0.717, 1.165) is 29.9 Å². The van der Waals surface area contributed by atoms with Crippen molar-refractivity contribution in [3.05, 3.63) is 71.6 Å². The van der Waals surface area contributed by atoms with Gasteiger partial charge in [-0.25, -0.2) is 8.42 Å². The quantitative estimate of drug-likeness (QED) is 0.532. The number of nitrogens with one attached hydrogen (secondary N) is 2. The molecule has 0 spiro atoms. The highest BCUT2D eigenvalue weighted by Crippen LogP contribution is 2.26. The van der Waals surface area contributed by atoms with Crippen LogP contribution in [0.4, 0.5) is 11.4 Å². The Hall–Kier alpha value is -2.84. The summed E-state index contributed by atoms with van der Waals surface area (Å²) in [5, 5.41) is 4.56. The van der Waals surface area contributed by atoms with E-state index in [2.05, 4.69) is 10.0 Å². The summed E-state index contributed by atoms with van der Waals surface area (Å²) in [5.74, 6) is 0.471. The topological polar surface area (TPSA) is 84.5 Å². The number of benzene rings is 2. The van der Waals surface area contributed by atoms with Gasteiger partial charge in [0.2, 0.25) is 0 Å². The van der Waals surface area contributed by atoms with Gasteiger partial charge in [-0.15, -0.1) is 11.3 Å². The molecule has 6 nitrogen and oxygen atoms in total. The van der Waals surface area contributed by atoms with E-state index in [1.807, 2.05) is 24.3 Å². The summed E-state index contributed by atoms with van der Waals surface area (Å²) in [5.41, 5.74) is 1.47. The minimum absolute atomic E-state index is 0.240. The fourth-order valence-electron chi connectivity index (χ4n) is 3.36. The summed E-state index contributed by atoms with van der Waals surface area (Å²) in [7, 11) is -3.61. The molecule has 0 atom stereocenters. The number of hydrogen-bond donors (Lipinski definition) is 2. The molecule has 30 heavy (non-hydrogen) atoms. The van der Waals surface area contributed by atoms with Gasteiger partial charge in [-0.05, 0) is 73.5 Å². The summed E-state index contributed by atoms with van der Waals surface area (Å²) in [6.07, 6.45) is 4.78. The predicted octanol–water partition coefficient (Wildman–Crippen LogP) is 5.12. The molecule has 3 aromatic rings. The molecule has 2 aromatic carbocycles. The van der Waals surface area contributed by atoms with Gasteiger partial charge in [0.1, 0.15) is 9.96 Å². The second-order valence-corrected chi connectivity index (χ2v) is 9.98. The van der Waals surface area contributed by atoms with Crippen molar-refractivity contribution in [3.63, 3.8) is 0 Å². The number of anilines is 2. The number of sulfonamides is 1. The van der Waals surface area contributed by atoms with Crippen LogP contribution >= 0.6 is 11.3 Å². The Labute approximate surface area is 180 Å². The lowest BCUT2D eigenvalue weighted by molar-refractivity contribution is 0.102. The van der Waals surface area contributed by atoms with Crippen molar-refractivity contribution in [2.75, 3.05) is 10.0 Å². The molecule has 0 bridgehead atoms. The molecule has 2 N–H and O–H groups in total.